The molecule has 5 rings (SSSR count). The van der Waals surface area contributed by atoms with Crippen LogP contribution in [-0.4, -0.2) is 0 Å². The Morgan fingerprint density at radius 2 is 1.22 bits per heavy atom. The second-order valence-corrected chi connectivity index (χ2v) is 10.3. The van der Waals surface area contributed by atoms with Gasteiger partial charge in [0.15, 0.2) is 0 Å². The van der Waals surface area contributed by atoms with Crippen molar-refractivity contribution in [3.05, 3.63) is 57.0 Å². The maximum absolute atomic E-state index is 6.59. The molecule has 0 N–H and O–H groups in total. The lowest BCUT2D eigenvalue weighted by Gasteiger charge is -2.49. The SMILES string of the molecule is Clc1ccc2c(c1)C(C1CCCCC1)(C1CCCCC1)c1cc(Br)ccc1-2. The van der Waals surface area contributed by atoms with Crippen LogP contribution in [-0.2, 0) is 5.41 Å². The number of benzene rings is 2. The Labute approximate surface area is 176 Å². The summed E-state index contributed by atoms with van der Waals surface area (Å²) in [5, 5.41) is 0.900. The highest BCUT2D eigenvalue weighted by Gasteiger charge is 2.53. The second kappa shape index (κ2) is 7.23. The molecule has 2 heteroatoms. The first kappa shape index (κ1) is 18.3. The highest BCUT2D eigenvalue weighted by atomic mass is 79.9. The van der Waals surface area contributed by atoms with Gasteiger partial charge in [0.25, 0.3) is 0 Å². The molecule has 0 aromatic heterocycles. The van der Waals surface area contributed by atoms with Gasteiger partial charge in [0, 0.05) is 14.9 Å². The van der Waals surface area contributed by atoms with E-state index in [1.165, 1.54) is 79.8 Å². The van der Waals surface area contributed by atoms with Gasteiger partial charge in [-0.25, -0.2) is 0 Å². The van der Waals surface area contributed by atoms with E-state index in [2.05, 4.69) is 52.3 Å². The summed E-state index contributed by atoms with van der Waals surface area (Å²) in [5.41, 5.74) is 6.20. The first-order valence-corrected chi connectivity index (χ1v) is 12.0. The van der Waals surface area contributed by atoms with Gasteiger partial charge in [0.05, 0.1) is 0 Å². The van der Waals surface area contributed by atoms with E-state index in [-0.39, 0.29) is 5.41 Å². The molecule has 0 amide bonds. The van der Waals surface area contributed by atoms with E-state index in [9.17, 15) is 0 Å². The van der Waals surface area contributed by atoms with Crippen molar-refractivity contribution in [2.45, 2.75) is 69.6 Å². The average molecular weight is 444 g/mol. The van der Waals surface area contributed by atoms with Crippen LogP contribution in [0.25, 0.3) is 11.1 Å². The van der Waals surface area contributed by atoms with Gasteiger partial charge in [-0.3, -0.25) is 0 Å². The maximum Gasteiger partial charge on any atom is 0.0409 e. The molecule has 0 aliphatic heterocycles. The van der Waals surface area contributed by atoms with E-state index < -0.39 is 0 Å². The summed E-state index contributed by atoms with van der Waals surface area (Å²) in [6, 6.07) is 13.7. The van der Waals surface area contributed by atoms with Crippen LogP contribution >= 0.6 is 27.5 Å². The lowest BCUT2D eigenvalue weighted by Crippen LogP contribution is -2.44. The molecule has 142 valence electrons. The Kier molecular flexibility index (Phi) is 4.89. The lowest BCUT2D eigenvalue weighted by molar-refractivity contribution is 0.137. The van der Waals surface area contributed by atoms with Crippen molar-refractivity contribution in [3.8, 4) is 11.1 Å². The van der Waals surface area contributed by atoms with Gasteiger partial charge in [-0.15, -0.1) is 0 Å². The minimum Gasteiger partial charge on any atom is -0.0843 e. The van der Waals surface area contributed by atoms with Crippen molar-refractivity contribution in [2.24, 2.45) is 11.8 Å². The maximum atomic E-state index is 6.59. The van der Waals surface area contributed by atoms with E-state index in [0.717, 1.165) is 16.9 Å². The summed E-state index contributed by atoms with van der Waals surface area (Å²) in [4.78, 5) is 0. The fraction of sp³-hybridized carbons (Fsp3) is 0.520. The van der Waals surface area contributed by atoms with Crippen molar-refractivity contribution < 1.29 is 0 Å². The number of halogens is 2. The number of rotatable bonds is 2. The zero-order chi connectivity index (χ0) is 18.4. The number of fused-ring (bicyclic) bond motifs is 3. The zero-order valence-electron chi connectivity index (χ0n) is 15.9. The monoisotopic (exact) mass is 442 g/mol. The molecular formula is C25H28BrCl. The molecule has 2 fully saturated rings. The molecule has 0 saturated heterocycles. The van der Waals surface area contributed by atoms with E-state index in [1.54, 1.807) is 11.1 Å². The van der Waals surface area contributed by atoms with Gasteiger partial charge in [-0.1, -0.05) is 78.2 Å². The molecule has 0 radical (unpaired) electrons. The highest BCUT2D eigenvalue weighted by molar-refractivity contribution is 9.10. The van der Waals surface area contributed by atoms with Gasteiger partial charge in [-0.2, -0.15) is 0 Å². The largest absolute Gasteiger partial charge is 0.0843 e. The van der Waals surface area contributed by atoms with Crippen LogP contribution in [0.15, 0.2) is 40.9 Å². The summed E-state index contributed by atoms with van der Waals surface area (Å²) in [6.45, 7) is 0. The van der Waals surface area contributed by atoms with Crippen molar-refractivity contribution >= 4 is 27.5 Å². The molecule has 0 unspecified atom stereocenters. The predicted molar refractivity (Wildman–Crippen MR) is 119 cm³/mol. The fourth-order valence-corrected chi connectivity index (χ4v) is 7.19. The first-order chi connectivity index (χ1) is 13.2. The summed E-state index contributed by atoms with van der Waals surface area (Å²) < 4.78 is 1.22. The predicted octanol–water partition coefficient (Wildman–Crippen LogP) is 8.53. The topological polar surface area (TPSA) is 0 Å². The minimum atomic E-state index is 0.167. The van der Waals surface area contributed by atoms with Gasteiger partial charge >= 0.3 is 0 Å². The quantitative estimate of drug-likeness (QED) is 0.436. The van der Waals surface area contributed by atoms with Crippen molar-refractivity contribution in [1.29, 1.82) is 0 Å². The zero-order valence-corrected chi connectivity index (χ0v) is 18.3. The van der Waals surface area contributed by atoms with Crippen molar-refractivity contribution in [1.82, 2.24) is 0 Å². The summed E-state index contributed by atoms with van der Waals surface area (Å²) in [5.74, 6) is 1.50. The van der Waals surface area contributed by atoms with E-state index in [0.29, 0.717) is 0 Å². The van der Waals surface area contributed by atoms with Crippen LogP contribution < -0.4 is 0 Å². The van der Waals surface area contributed by atoms with Crippen molar-refractivity contribution in [2.75, 3.05) is 0 Å². The van der Waals surface area contributed by atoms with Gasteiger partial charge in [0.1, 0.15) is 0 Å². The van der Waals surface area contributed by atoms with E-state index in [4.69, 9.17) is 11.6 Å². The van der Waals surface area contributed by atoms with Crippen LogP contribution in [0.4, 0.5) is 0 Å². The van der Waals surface area contributed by atoms with Crippen LogP contribution in [0.1, 0.15) is 75.3 Å². The molecule has 0 atom stereocenters. The summed E-state index contributed by atoms with van der Waals surface area (Å²) in [6.07, 6.45) is 13.8. The molecular weight excluding hydrogens is 416 g/mol. The second-order valence-electron chi connectivity index (χ2n) is 8.92. The minimum absolute atomic E-state index is 0.167. The third kappa shape index (κ3) is 2.84. The van der Waals surface area contributed by atoms with Gasteiger partial charge in [0.2, 0.25) is 0 Å². The molecule has 3 aliphatic rings. The van der Waals surface area contributed by atoms with Crippen LogP contribution in [0.2, 0.25) is 5.02 Å². The van der Waals surface area contributed by atoms with Crippen LogP contribution in [0.5, 0.6) is 0 Å². The summed E-state index contributed by atoms with van der Waals surface area (Å²) >= 11 is 10.4. The number of hydrogen-bond acceptors (Lipinski definition) is 0. The Morgan fingerprint density at radius 3 is 1.81 bits per heavy atom. The smallest absolute Gasteiger partial charge is 0.0409 e. The Balaban J connectivity index is 1.80. The molecule has 0 bridgehead atoms. The third-order valence-corrected chi connectivity index (χ3v) is 8.37. The van der Waals surface area contributed by atoms with Gasteiger partial charge < -0.3 is 0 Å². The molecule has 0 nitrogen and oxygen atoms in total. The Morgan fingerprint density at radius 1 is 0.704 bits per heavy atom. The van der Waals surface area contributed by atoms with Crippen LogP contribution in [0, 0.1) is 11.8 Å². The highest BCUT2D eigenvalue weighted by Crippen LogP contribution is 2.62. The Hall–Kier alpha value is -0.790. The van der Waals surface area contributed by atoms with E-state index in [1.807, 2.05) is 0 Å². The summed E-state index contributed by atoms with van der Waals surface area (Å²) in [7, 11) is 0. The lowest BCUT2D eigenvalue weighted by atomic mass is 9.55. The first-order valence-electron chi connectivity index (χ1n) is 10.8. The molecule has 0 heterocycles. The molecule has 27 heavy (non-hydrogen) atoms. The molecule has 2 aromatic carbocycles. The van der Waals surface area contributed by atoms with E-state index >= 15 is 0 Å². The third-order valence-electron chi connectivity index (χ3n) is 7.64. The average Bonchev–Trinajstić information content (AvgIpc) is 2.99. The standard InChI is InChI=1S/C25H28BrCl/c26-19-11-13-21-22-14-12-20(27)16-24(22)25(23(21)15-19,17-7-3-1-4-8-17)18-9-5-2-6-10-18/h11-18H,1-10H2. The number of hydrogen-bond donors (Lipinski definition) is 0. The fourth-order valence-electron chi connectivity index (χ4n) is 6.66. The Bertz CT molecular complexity index is 772. The molecule has 2 aromatic rings. The normalized spacial score (nSPS) is 22.4. The van der Waals surface area contributed by atoms with Gasteiger partial charge in [-0.05, 0) is 84.0 Å². The molecule has 3 aliphatic carbocycles. The van der Waals surface area contributed by atoms with Crippen LogP contribution in [0.3, 0.4) is 0 Å². The molecule has 0 spiro atoms. The molecule has 2 saturated carbocycles. The van der Waals surface area contributed by atoms with Crippen molar-refractivity contribution in [3.63, 3.8) is 0 Å².